The molecule has 1 atom stereocenters. The molecule has 11 heteroatoms. The summed E-state index contributed by atoms with van der Waals surface area (Å²) in [6.07, 6.45) is -0.781. The zero-order chi connectivity index (χ0) is 22.6. The largest absolute Gasteiger partial charge is 0.480 e. The second-order valence-corrected chi connectivity index (χ2v) is 9.23. The average Bonchev–Trinajstić information content (AvgIpc) is 3.35. The van der Waals surface area contributed by atoms with Gasteiger partial charge in [-0.05, 0) is 32.9 Å². The fraction of sp³-hybridized carbons (Fsp3) is 0.300. The number of nitrogens with zero attached hydrogens (tertiary/aromatic N) is 4. The summed E-state index contributed by atoms with van der Waals surface area (Å²) in [5, 5.41) is 25.6. The summed E-state index contributed by atoms with van der Waals surface area (Å²) < 4.78 is 5.13. The Hall–Kier alpha value is -3.36. The molecule has 0 aromatic carbocycles. The summed E-state index contributed by atoms with van der Waals surface area (Å²) in [5.74, 6) is -1.18. The number of ether oxygens (including phenoxy) is 1. The van der Waals surface area contributed by atoms with Gasteiger partial charge < -0.3 is 15.2 Å². The summed E-state index contributed by atoms with van der Waals surface area (Å²) in [4.78, 5) is 36.7. The number of aliphatic carboxylic acids is 1. The molecule has 160 valence electrons. The van der Waals surface area contributed by atoms with Gasteiger partial charge in [-0.2, -0.15) is 5.26 Å². The number of rotatable bonds is 6. The standard InChI is InChI=1S/C20H19N5O4S2/c1-20(2,3)29-19(28)25-13(18(26)27)7-16-23-15(10-30-16)17-24-14(9-31-17)12-6-4-5-11(8-21)22-12/h4-6,9-10,13H,7H2,1-3H3,(H,25,28)(H,26,27). The summed E-state index contributed by atoms with van der Waals surface area (Å²) in [6.45, 7) is 5.09. The van der Waals surface area contributed by atoms with E-state index >= 15 is 0 Å². The highest BCUT2D eigenvalue weighted by Crippen LogP contribution is 2.29. The van der Waals surface area contributed by atoms with Gasteiger partial charge in [0.15, 0.2) is 0 Å². The van der Waals surface area contributed by atoms with Crippen LogP contribution in [0.5, 0.6) is 0 Å². The van der Waals surface area contributed by atoms with Crippen molar-refractivity contribution >= 4 is 34.7 Å². The molecule has 2 N–H and O–H groups in total. The first-order valence-corrected chi connectivity index (χ1v) is 10.9. The van der Waals surface area contributed by atoms with Crippen molar-refractivity contribution in [3.63, 3.8) is 0 Å². The van der Waals surface area contributed by atoms with Crippen LogP contribution in [0.1, 0.15) is 31.5 Å². The Morgan fingerprint density at radius 3 is 2.58 bits per heavy atom. The quantitative estimate of drug-likeness (QED) is 0.571. The van der Waals surface area contributed by atoms with E-state index in [1.54, 1.807) is 44.4 Å². The maximum absolute atomic E-state index is 11.9. The van der Waals surface area contributed by atoms with Gasteiger partial charge in [-0.15, -0.1) is 22.7 Å². The molecule has 0 radical (unpaired) electrons. The molecule has 0 fully saturated rings. The molecule has 0 saturated carbocycles. The molecule has 0 aliphatic rings. The molecule has 3 aromatic heterocycles. The molecule has 3 heterocycles. The van der Waals surface area contributed by atoms with Gasteiger partial charge in [0.25, 0.3) is 0 Å². The van der Waals surface area contributed by atoms with Crippen LogP contribution in [0.3, 0.4) is 0 Å². The second-order valence-electron chi connectivity index (χ2n) is 7.43. The van der Waals surface area contributed by atoms with E-state index in [-0.39, 0.29) is 6.42 Å². The van der Waals surface area contributed by atoms with E-state index in [1.807, 2.05) is 11.4 Å². The number of carbonyl (C=O) groups is 2. The fourth-order valence-corrected chi connectivity index (χ4v) is 4.15. The third-order valence-electron chi connectivity index (χ3n) is 3.77. The van der Waals surface area contributed by atoms with Crippen molar-refractivity contribution < 1.29 is 19.4 Å². The molecule has 1 amide bonds. The Morgan fingerprint density at radius 2 is 1.90 bits per heavy atom. The molecule has 31 heavy (non-hydrogen) atoms. The first-order chi connectivity index (χ1) is 14.6. The smallest absolute Gasteiger partial charge is 0.408 e. The molecule has 0 bridgehead atoms. The number of amides is 1. The maximum atomic E-state index is 11.9. The van der Waals surface area contributed by atoms with Gasteiger partial charge >= 0.3 is 12.1 Å². The van der Waals surface area contributed by atoms with Crippen molar-refractivity contribution in [2.45, 2.75) is 38.8 Å². The Kier molecular flexibility index (Phi) is 6.62. The highest BCUT2D eigenvalue weighted by Gasteiger charge is 2.25. The lowest BCUT2D eigenvalue weighted by Crippen LogP contribution is -2.44. The third-order valence-corrected chi connectivity index (χ3v) is 5.50. The van der Waals surface area contributed by atoms with E-state index < -0.39 is 23.7 Å². The molecule has 9 nitrogen and oxygen atoms in total. The summed E-state index contributed by atoms with van der Waals surface area (Å²) in [5.41, 5.74) is 1.39. The summed E-state index contributed by atoms with van der Waals surface area (Å²) in [7, 11) is 0. The fourth-order valence-electron chi connectivity index (χ4n) is 2.48. The number of carboxylic acids is 1. The number of hydrogen-bond donors (Lipinski definition) is 2. The Morgan fingerprint density at radius 1 is 1.16 bits per heavy atom. The minimum atomic E-state index is -1.18. The normalized spacial score (nSPS) is 12.1. The topological polar surface area (TPSA) is 138 Å². The van der Waals surface area contributed by atoms with E-state index in [9.17, 15) is 14.7 Å². The zero-order valence-electron chi connectivity index (χ0n) is 16.9. The Bertz CT molecular complexity index is 1140. The van der Waals surface area contributed by atoms with E-state index in [0.717, 1.165) is 0 Å². The van der Waals surface area contributed by atoms with Gasteiger partial charge in [0, 0.05) is 17.2 Å². The van der Waals surface area contributed by atoms with Crippen LogP contribution in [0.4, 0.5) is 4.79 Å². The lowest BCUT2D eigenvalue weighted by molar-refractivity contribution is -0.139. The van der Waals surface area contributed by atoms with Gasteiger partial charge in [-0.1, -0.05) is 6.07 Å². The number of nitriles is 1. The number of thiazole rings is 2. The van der Waals surface area contributed by atoms with Crippen molar-refractivity contribution in [2.75, 3.05) is 0 Å². The van der Waals surface area contributed by atoms with Crippen LogP contribution < -0.4 is 5.32 Å². The number of pyridine rings is 1. The van der Waals surface area contributed by atoms with Crippen molar-refractivity contribution in [3.05, 3.63) is 39.7 Å². The molecule has 0 spiro atoms. The van der Waals surface area contributed by atoms with E-state index in [0.29, 0.717) is 32.8 Å². The van der Waals surface area contributed by atoms with Crippen LogP contribution in [0.25, 0.3) is 22.1 Å². The van der Waals surface area contributed by atoms with Crippen LogP contribution in [0.2, 0.25) is 0 Å². The molecule has 3 rings (SSSR count). The van der Waals surface area contributed by atoms with Crippen LogP contribution in [-0.4, -0.2) is 43.8 Å². The van der Waals surface area contributed by atoms with Gasteiger partial charge in [0.1, 0.15) is 39.8 Å². The summed E-state index contributed by atoms with van der Waals surface area (Å²) in [6, 6.07) is 5.96. The summed E-state index contributed by atoms with van der Waals surface area (Å²) >= 11 is 2.65. The monoisotopic (exact) mass is 457 g/mol. The molecule has 3 aromatic rings. The predicted octanol–water partition coefficient (Wildman–Crippen LogP) is 3.72. The number of alkyl carbamates (subject to hydrolysis) is 1. The molecule has 0 aliphatic carbocycles. The number of hydrogen-bond acceptors (Lipinski definition) is 9. The highest BCUT2D eigenvalue weighted by atomic mass is 32.1. The zero-order valence-corrected chi connectivity index (χ0v) is 18.6. The first kappa shape index (κ1) is 22.3. The van der Waals surface area contributed by atoms with Crippen molar-refractivity contribution in [3.8, 4) is 28.2 Å². The van der Waals surface area contributed by atoms with Crippen LogP contribution in [0.15, 0.2) is 29.0 Å². The number of nitrogens with one attached hydrogen (secondary N) is 1. The maximum Gasteiger partial charge on any atom is 0.408 e. The minimum Gasteiger partial charge on any atom is -0.480 e. The van der Waals surface area contributed by atoms with Gasteiger partial charge in [0.2, 0.25) is 0 Å². The number of carboxylic acid groups (broad SMARTS) is 1. The average molecular weight is 458 g/mol. The van der Waals surface area contributed by atoms with E-state index in [2.05, 4.69) is 20.3 Å². The van der Waals surface area contributed by atoms with Crippen molar-refractivity contribution in [1.82, 2.24) is 20.3 Å². The second kappa shape index (κ2) is 9.20. The van der Waals surface area contributed by atoms with E-state index in [4.69, 9.17) is 10.00 Å². The SMILES string of the molecule is CC(C)(C)OC(=O)NC(Cc1nc(-c2nc(-c3cccc(C#N)n3)cs2)cs1)C(=O)O. The van der Waals surface area contributed by atoms with Gasteiger partial charge in [-0.25, -0.2) is 24.5 Å². The molecular weight excluding hydrogens is 438 g/mol. The van der Waals surface area contributed by atoms with Crippen molar-refractivity contribution in [1.29, 1.82) is 5.26 Å². The Labute approximate surface area is 186 Å². The van der Waals surface area contributed by atoms with Gasteiger partial charge in [-0.3, -0.25) is 0 Å². The highest BCUT2D eigenvalue weighted by molar-refractivity contribution is 7.14. The first-order valence-electron chi connectivity index (χ1n) is 9.15. The molecular formula is C20H19N5O4S2. The molecule has 1 unspecified atom stereocenters. The Balaban J connectivity index is 1.72. The van der Waals surface area contributed by atoms with Crippen molar-refractivity contribution in [2.24, 2.45) is 0 Å². The minimum absolute atomic E-state index is 0.0171. The predicted molar refractivity (Wildman–Crippen MR) is 116 cm³/mol. The molecule has 0 aliphatic heterocycles. The number of carbonyl (C=O) groups excluding carboxylic acids is 1. The lowest BCUT2D eigenvalue weighted by atomic mass is 10.2. The van der Waals surface area contributed by atoms with E-state index in [1.165, 1.54) is 22.7 Å². The molecule has 0 saturated heterocycles. The number of aromatic nitrogens is 3. The lowest BCUT2D eigenvalue weighted by Gasteiger charge is -2.21. The third kappa shape index (κ3) is 6.07. The van der Waals surface area contributed by atoms with Crippen LogP contribution in [-0.2, 0) is 16.0 Å². The van der Waals surface area contributed by atoms with Crippen LogP contribution in [0, 0.1) is 11.3 Å². The van der Waals surface area contributed by atoms with Gasteiger partial charge in [0.05, 0.1) is 10.7 Å². The van der Waals surface area contributed by atoms with Crippen LogP contribution >= 0.6 is 22.7 Å².